The average Bonchev–Trinajstić information content (AvgIpc) is 2.25. The lowest BCUT2D eigenvalue weighted by molar-refractivity contribution is 1.14. The van der Waals surface area contributed by atoms with E-state index in [1.165, 1.54) is 11.8 Å². The summed E-state index contributed by atoms with van der Waals surface area (Å²) in [5, 5.41) is 2.00. The van der Waals surface area contributed by atoms with Crippen molar-refractivity contribution in [2.24, 2.45) is 0 Å². The summed E-state index contributed by atoms with van der Waals surface area (Å²) in [5.74, 6) is 0. The zero-order chi connectivity index (χ0) is 11.5. The van der Waals surface area contributed by atoms with Crippen LogP contribution in [0.3, 0.4) is 0 Å². The zero-order valence-corrected chi connectivity index (χ0v) is 10.5. The summed E-state index contributed by atoms with van der Waals surface area (Å²) >= 11 is 13.3. The molecule has 0 saturated carbocycles. The lowest BCUT2D eigenvalue weighted by atomic mass is 10.4. The van der Waals surface area contributed by atoms with Gasteiger partial charge in [0.2, 0.25) is 0 Å². The molecule has 0 radical (unpaired) electrons. The van der Waals surface area contributed by atoms with Gasteiger partial charge in [-0.05, 0) is 30.3 Å². The van der Waals surface area contributed by atoms with E-state index in [2.05, 4.69) is 4.98 Å². The average molecular weight is 271 g/mol. The van der Waals surface area contributed by atoms with Crippen LogP contribution in [-0.2, 0) is 0 Å². The Labute approximate surface area is 108 Å². The second kappa shape index (κ2) is 4.95. The Morgan fingerprint density at radius 2 is 1.81 bits per heavy atom. The predicted molar refractivity (Wildman–Crippen MR) is 69.2 cm³/mol. The van der Waals surface area contributed by atoms with Crippen LogP contribution in [0.25, 0.3) is 0 Å². The van der Waals surface area contributed by atoms with Crippen LogP contribution >= 0.6 is 35.0 Å². The maximum absolute atomic E-state index is 6.02. The third-order valence-electron chi connectivity index (χ3n) is 1.86. The van der Waals surface area contributed by atoms with E-state index in [0.29, 0.717) is 15.7 Å². The molecule has 0 aliphatic heterocycles. The minimum atomic E-state index is 0.556. The number of aromatic nitrogens is 1. The molecule has 0 unspecified atom stereocenters. The summed E-state index contributed by atoms with van der Waals surface area (Å²) < 4.78 is 0. The highest BCUT2D eigenvalue weighted by Crippen LogP contribution is 2.32. The van der Waals surface area contributed by atoms with Crippen molar-refractivity contribution in [2.75, 3.05) is 5.73 Å². The molecular formula is C11H8Cl2N2S. The van der Waals surface area contributed by atoms with Gasteiger partial charge in [-0.15, -0.1) is 0 Å². The van der Waals surface area contributed by atoms with Gasteiger partial charge in [0, 0.05) is 9.92 Å². The number of hydrogen-bond donors (Lipinski definition) is 1. The molecule has 0 amide bonds. The molecule has 5 heteroatoms. The molecule has 0 aliphatic carbocycles. The van der Waals surface area contributed by atoms with Crippen LogP contribution in [-0.4, -0.2) is 4.98 Å². The number of benzene rings is 1. The van der Waals surface area contributed by atoms with Gasteiger partial charge in [0.15, 0.2) is 0 Å². The first kappa shape index (κ1) is 11.6. The molecule has 1 heterocycles. The number of halogens is 2. The third kappa shape index (κ3) is 2.82. The van der Waals surface area contributed by atoms with Gasteiger partial charge in [-0.1, -0.05) is 35.0 Å². The van der Waals surface area contributed by atoms with Crippen LogP contribution in [0.15, 0.2) is 46.5 Å². The largest absolute Gasteiger partial charge is 0.397 e. The van der Waals surface area contributed by atoms with Crippen molar-refractivity contribution in [3.05, 3.63) is 46.6 Å². The molecule has 0 atom stereocenters. The van der Waals surface area contributed by atoms with Gasteiger partial charge < -0.3 is 5.73 Å². The van der Waals surface area contributed by atoms with Crippen molar-refractivity contribution in [1.82, 2.24) is 4.98 Å². The van der Waals surface area contributed by atoms with E-state index in [-0.39, 0.29) is 0 Å². The monoisotopic (exact) mass is 270 g/mol. The lowest BCUT2D eigenvalue weighted by Crippen LogP contribution is -1.88. The summed E-state index contributed by atoms with van der Waals surface area (Å²) in [6, 6.07) is 9.18. The molecule has 16 heavy (non-hydrogen) atoms. The third-order valence-corrected chi connectivity index (χ3v) is 3.54. The van der Waals surface area contributed by atoms with Gasteiger partial charge in [0.25, 0.3) is 0 Å². The van der Waals surface area contributed by atoms with Crippen LogP contribution < -0.4 is 5.73 Å². The first-order chi connectivity index (χ1) is 7.65. The molecule has 0 saturated heterocycles. The first-order valence-corrected chi connectivity index (χ1v) is 6.07. The number of rotatable bonds is 2. The molecular weight excluding hydrogens is 263 g/mol. The van der Waals surface area contributed by atoms with Gasteiger partial charge in [0.05, 0.1) is 16.9 Å². The molecule has 2 rings (SSSR count). The van der Waals surface area contributed by atoms with E-state index in [0.717, 1.165) is 9.92 Å². The Kier molecular flexibility index (Phi) is 3.59. The minimum Gasteiger partial charge on any atom is -0.397 e. The maximum atomic E-state index is 6.02. The minimum absolute atomic E-state index is 0.556. The summed E-state index contributed by atoms with van der Waals surface area (Å²) in [7, 11) is 0. The molecule has 0 aliphatic rings. The van der Waals surface area contributed by atoms with Gasteiger partial charge in [-0.2, -0.15) is 0 Å². The van der Waals surface area contributed by atoms with Crippen LogP contribution in [0.4, 0.5) is 5.69 Å². The summed E-state index contributed by atoms with van der Waals surface area (Å²) in [4.78, 5) is 5.20. The van der Waals surface area contributed by atoms with E-state index < -0.39 is 0 Å². The van der Waals surface area contributed by atoms with Crippen molar-refractivity contribution < 1.29 is 0 Å². The molecule has 0 spiro atoms. The van der Waals surface area contributed by atoms with Crippen molar-refractivity contribution in [3.63, 3.8) is 0 Å². The van der Waals surface area contributed by atoms with E-state index in [1.807, 2.05) is 24.3 Å². The van der Waals surface area contributed by atoms with E-state index >= 15 is 0 Å². The smallest absolute Gasteiger partial charge is 0.120 e. The second-order valence-corrected chi connectivity index (χ2v) is 5.02. The quantitative estimate of drug-likeness (QED) is 0.892. The number of anilines is 1. The van der Waals surface area contributed by atoms with Crippen LogP contribution in [0.1, 0.15) is 0 Å². The summed E-state index contributed by atoms with van der Waals surface area (Å²) in [6.45, 7) is 0. The molecule has 2 N–H and O–H groups in total. The highest BCUT2D eigenvalue weighted by molar-refractivity contribution is 7.99. The standard InChI is InChI=1S/C11H8Cl2N2S/c12-7-1-3-9(4-2-7)16-11-10(13)5-8(14)6-15-11/h1-6H,14H2. The van der Waals surface area contributed by atoms with Crippen molar-refractivity contribution in [1.29, 1.82) is 0 Å². The number of pyridine rings is 1. The number of nitrogens with zero attached hydrogens (tertiary/aromatic N) is 1. The topological polar surface area (TPSA) is 38.9 Å². The SMILES string of the molecule is Nc1cnc(Sc2ccc(Cl)cc2)c(Cl)c1. The van der Waals surface area contributed by atoms with Crippen LogP contribution in [0.2, 0.25) is 10.0 Å². The molecule has 1 aromatic carbocycles. The molecule has 0 bridgehead atoms. The Balaban J connectivity index is 2.23. The van der Waals surface area contributed by atoms with Gasteiger partial charge >= 0.3 is 0 Å². The number of hydrogen-bond acceptors (Lipinski definition) is 3. The first-order valence-electron chi connectivity index (χ1n) is 4.49. The molecule has 2 nitrogen and oxygen atoms in total. The van der Waals surface area contributed by atoms with Crippen molar-refractivity contribution >= 4 is 40.7 Å². The van der Waals surface area contributed by atoms with Gasteiger partial charge in [-0.25, -0.2) is 4.98 Å². The number of nitrogens with two attached hydrogens (primary N) is 1. The Hall–Kier alpha value is -0.900. The molecule has 2 aromatic rings. The van der Waals surface area contributed by atoms with E-state index in [9.17, 15) is 0 Å². The van der Waals surface area contributed by atoms with Gasteiger partial charge in [-0.3, -0.25) is 0 Å². The predicted octanol–water partition coefficient (Wildman–Crippen LogP) is 4.12. The van der Waals surface area contributed by atoms with E-state index in [4.69, 9.17) is 28.9 Å². The fourth-order valence-corrected chi connectivity index (χ4v) is 2.30. The Bertz CT molecular complexity index is 500. The second-order valence-electron chi connectivity index (χ2n) is 3.11. The molecule has 1 aromatic heterocycles. The summed E-state index contributed by atoms with van der Waals surface area (Å²) in [5.41, 5.74) is 6.13. The Morgan fingerprint density at radius 1 is 1.12 bits per heavy atom. The maximum Gasteiger partial charge on any atom is 0.120 e. The highest BCUT2D eigenvalue weighted by Gasteiger charge is 2.04. The normalized spacial score (nSPS) is 10.4. The van der Waals surface area contributed by atoms with Crippen molar-refractivity contribution in [3.8, 4) is 0 Å². The zero-order valence-electron chi connectivity index (χ0n) is 8.15. The lowest BCUT2D eigenvalue weighted by Gasteiger charge is -2.03. The molecule has 0 fully saturated rings. The van der Waals surface area contributed by atoms with Crippen molar-refractivity contribution in [2.45, 2.75) is 9.92 Å². The van der Waals surface area contributed by atoms with Crippen LogP contribution in [0.5, 0.6) is 0 Å². The summed E-state index contributed by atoms with van der Waals surface area (Å²) in [6.07, 6.45) is 1.59. The number of nitrogen functional groups attached to an aromatic ring is 1. The fraction of sp³-hybridized carbons (Fsp3) is 0. The fourth-order valence-electron chi connectivity index (χ4n) is 1.13. The van der Waals surface area contributed by atoms with Crippen LogP contribution in [0, 0.1) is 0 Å². The molecule has 82 valence electrons. The Morgan fingerprint density at radius 3 is 2.44 bits per heavy atom. The highest BCUT2D eigenvalue weighted by atomic mass is 35.5. The van der Waals surface area contributed by atoms with Gasteiger partial charge in [0.1, 0.15) is 5.03 Å². The van der Waals surface area contributed by atoms with E-state index in [1.54, 1.807) is 12.3 Å².